The van der Waals surface area contributed by atoms with Gasteiger partial charge in [0.2, 0.25) is 0 Å². The van der Waals surface area contributed by atoms with E-state index >= 15 is 0 Å². The minimum Gasteiger partial charge on any atom is -0.379 e. The summed E-state index contributed by atoms with van der Waals surface area (Å²) in [6, 6.07) is 8.19. The second-order valence-corrected chi connectivity index (χ2v) is 6.84. The maximum atomic E-state index is 12.8. The summed E-state index contributed by atoms with van der Waals surface area (Å²) in [4.78, 5) is 25.7. The predicted molar refractivity (Wildman–Crippen MR) is 98.8 cm³/mol. The monoisotopic (exact) mass is 352 g/mol. The molecule has 2 fully saturated rings. The molecular formula is C20H24N4O2. The molecule has 0 unspecified atom stereocenters. The van der Waals surface area contributed by atoms with E-state index in [2.05, 4.69) is 14.9 Å². The smallest absolute Gasteiger partial charge is 0.255 e. The highest BCUT2D eigenvalue weighted by Gasteiger charge is 2.28. The van der Waals surface area contributed by atoms with E-state index in [-0.39, 0.29) is 5.91 Å². The Hall–Kier alpha value is -2.31. The minimum atomic E-state index is 0.0826. The topological polar surface area (TPSA) is 58.6 Å². The molecule has 0 atom stereocenters. The molecule has 2 aliphatic heterocycles. The predicted octanol–water partition coefficient (Wildman–Crippen LogP) is 2.08. The third-order valence-corrected chi connectivity index (χ3v) is 5.30. The largest absolute Gasteiger partial charge is 0.379 e. The van der Waals surface area contributed by atoms with Crippen LogP contribution in [0.3, 0.4) is 0 Å². The van der Waals surface area contributed by atoms with Crippen LogP contribution in [0.2, 0.25) is 0 Å². The zero-order valence-corrected chi connectivity index (χ0v) is 14.9. The first kappa shape index (κ1) is 17.1. The average Bonchev–Trinajstić information content (AvgIpc) is 2.75. The third kappa shape index (κ3) is 3.76. The zero-order chi connectivity index (χ0) is 17.8. The number of hydrogen-bond donors (Lipinski definition) is 0. The summed E-state index contributed by atoms with van der Waals surface area (Å²) in [5, 5.41) is 0. The molecule has 2 aromatic heterocycles. The Bertz CT molecular complexity index is 721. The second kappa shape index (κ2) is 7.93. The van der Waals surface area contributed by atoms with E-state index < -0.39 is 0 Å². The lowest BCUT2D eigenvalue weighted by Gasteiger charge is -2.40. The van der Waals surface area contributed by atoms with Gasteiger partial charge in [0.25, 0.3) is 5.91 Å². The van der Waals surface area contributed by atoms with E-state index in [1.54, 1.807) is 18.6 Å². The zero-order valence-electron chi connectivity index (χ0n) is 14.9. The molecule has 0 aliphatic carbocycles. The van der Waals surface area contributed by atoms with E-state index in [0.29, 0.717) is 11.6 Å². The van der Waals surface area contributed by atoms with Crippen molar-refractivity contribution in [3.63, 3.8) is 0 Å². The van der Waals surface area contributed by atoms with Gasteiger partial charge in [0.15, 0.2) is 0 Å². The van der Waals surface area contributed by atoms with E-state index in [1.807, 2.05) is 29.2 Å². The maximum Gasteiger partial charge on any atom is 0.255 e. The van der Waals surface area contributed by atoms with Crippen molar-refractivity contribution in [1.82, 2.24) is 19.8 Å². The number of carbonyl (C=O) groups excluding carboxylic acids is 1. The molecule has 0 aromatic carbocycles. The molecule has 4 rings (SSSR count). The number of amides is 1. The van der Waals surface area contributed by atoms with Crippen molar-refractivity contribution in [3.05, 3.63) is 48.4 Å². The van der Waals surface area contributed by atoms with Gasteiger partial charge in [-0.2, -0.15) is 0 Å². The van der Waals surface area contributed by atoms with Gasteiger partial charge in [-0.1, -0.05) is 0 Å². The quantitative estimate of drug-likeness (QED) is 0.846. The molecule has 1 amide bonds. The number of pyridine rings is 2. The van der Waals surface area contributed by atoms with Crippen LogP contribution in [0.25, 0.3) is 11.3 Å². The number of piperidine rings is 1. The van der Waals surface area contributed by atoms with Gasteiger partial charge in [0.1, 0.15) is 0 Å². The lowest BCUT2D eigenvalue weighted by Crippen LogP contribution is -2.50. The van der Waals surface area contributed by atoms with Crippen molar-refractivity contribution in [2.75, 3.05) is 39.4 Å². The van der Waals surface area contributed by atoms with Crippen molar-refractivity contribution < 1.29 is 9.53 Å². The summed E-state index contributed by atoms with van der Waals surface area (Å²) in [7, 11) is 0. The van der Waals surface area contributed by atoms with Gasteiger partial charge < -0.3 is 9.64 Å². The molecule has 2 aliphatic rings. The molecule has 0 radical (unpaired) electrons. The summed E-state index contributed by atoms with van der Waals surface area (Å²) in [6.07, 6.45) is 7.25. The number of nitrogens with zero attached hydrogens (tertiary/aromatic N) is 4. The van der Waals surface area contributed by atoms with Gasteiger partial charge in [-0.05, 0) is 37.1 Å². The lowest BCUT2D eigenvalue weighted by molar-refractivity contribution is 0.00158. The van der Waals surface area contributed by atoms with Gasteiger partial charge in [-0.15, -0.1) is 0 Å². The maximum absolute atomic E-state index is 12.8. The number of morpholine rings is 1. The van der Waals surface area contributed by atoms with Gasteiger partial charge in [0, 0.05) is 56.4 Å². The van der Waals surface area contributed by atoms with Crippen molar-refractivity contribution in [2.45, 2.75) is 18.9 Å². The van der Waals surface area contributed by atoms with Crippen molar-refractivity contribution in [1.29, 1.82) is 0 Å². The molecule has 4 heterocycles. The van der Waals surface area contributed by atoms with Crippen LogP contribution in [0.4, 0.5) is 0 Å². The Morgan fingerprint density at radius 3 is 2.38 bits per heavy atom. The first-order valence-electron chi connectivity index (χ1n) is 9.29. The highest BCUT2D eigenvalue weighted by Crippen LogP contribution is 2.20. The number of rotatable bonds is 3. The molecule has 0 N–H and O–H groups in total. The SMILES string of the molecule is O=C(c1ccc(-c2ccncc2)nc1)N1CCC(N2CCOCC2)CC1. The second-order valence-electron chi connectivity index (χ2n) is 6.84. The minimum absolute atomic E-state index is 0.0826. The third-order valence-electron chi connectivity index (χ3n) is 5.30. The van der Waals surface area contributed by atoms with Crippen LogP contribution in [-0.2, 0) is 4.74 Å². The first-order valence-corrected chi connectivity index (χ1v) is 9.29. The van der Waals surface area contributed by atoms with Crippen LogP contribution in [0.1, 0.15) is 23.2 Å². The average molecular weight is 352 g/mol. The van der Waals surface area contributed by atoms with Crippen LogP contribution in [0.5, 0.6) is 0 Å². The molecule has 0 spiro atoms. The van der Waals surface area contributed by atoms with Crippen LogP contribution >= 0.6 is 0 Å². The van der Waals surface area contributed by atoms with Crippen LogP contribution in [-0.4, -0.2) is 71.1 Å². The summed E-state index contributed by atoms with van der Waals surface area (Å²) < 4.78 is 5.43. The fourth-order valence-electron chi connectivity index (χ4n) is 3.77. The van der Waals surface area contributed by atoms with Gasteiger partial charge in [-0.25, -0.2) is 0 Å². The summed E-state index contributed by atoms with van der Waals surface area (Å²) in [5.74, 6) is 0.0826. The Morgan fingerprint density at radius 1 is 1.00 bits per heavy atom. The first-order chi connectivity index (χ1) is 12.8. The fourth-order valence-corrected chi connectivity index (χ4v) is 3.77. The molecule has 2 aromatic rings. The van der Waals surface area contributed by atoms with Crippen LogP contribution in [0.15, 0.2) is 42.9 Å². The Kier molecular flexibility index (Phi) is 5.22. The van der Waals surface area contributed by atoms with Gasteiger partial charge in [0.05, 0.1) is 24.5 Å². The van der Waals surface area contributed by atoms with Crippen molar-refractivity contribution in [3.8, 4) is 11.3 Å². The lowest BCUT2D eigenvalue weighted by atomic mass is 10.0. The van der Waals surface area contributed by atoms with Crippen LogP contribution < -0.4 is 0 Å². The summed E-state index contributed by atoms with van der Waals surface area (Å²) in [6.45, 7) is 5.31. The van der Waals surface area contributed by atoms with Crippen LogP contribution in [0, 0.1) is 0 Å². The molecule has 0 saturated carbocycles. The Balaban J connectivity index is 1.36. The molecule has 6 heteroatoms. The molecule has 0 bridgehead atoms. The number of hydrogen-bond acceptors (Lipinski definition) is 5. The highest BCUT2D eigenvalue weighted by atomic mass is 16.5. The van der Waals surface area contributed by atoms with E-state index in [0.717, 1.165) is 63.5 Å². The standard InChI is InChI=1S/C20H24N4O2/c25-20(17-1-2-19(22-15-17)16-3-7-21-8-4-16)24-9-5-18(6-10-24)23-11-13-26-14-12-23/h1-4,7-8,15,18H,5-6,9-14H2. The van der Waals surface area contributed by atoms with E-state index in [9.17, 15) is 4.79 Å². The van der Waals surface area contributed by atoms with Gasteiger partial charge in [-0.3, -0.25) is 19.7 Å². The normalized spacial score (nSPS) is 19.5. The number of carbonyl (C=O) groups is 1. The Morgan fingerprint density at radius 2 is 1.73 bits per heavy atom. The van der Waals surface area contributed by atoms with Crippen molar-refractivity contribution >= 4 is 5.91 Å². The number of ether oxygens (including phenoxy) is 1. The Labute approximate surface area is 153 Å². The molecule has 26 heavy (non-hydrogen) atoms. The molecule has 136 valence electrons. The van der Waals surface area contributed by atoms with Crippen molar-refractivity contribution in [2.24, 2.45) is 0 Å². The number of likely N-dealkylation sites (tertiary alicyclic amines) is 1. The number of aromatic nitrogens is 2. The van der Waals surface area contributed by atoms with E-state index in [1.165, 1.54) is 0 Å². The highest BCUT2D eigenvalue weighted by molar-refractivity contribution is 5.94. The molecule has 2 saturated heterocycles. The molecule has 6 nitrogen and oxygen atoms in total. The van der Waals surface area contributed by atoms with Gasteiger partial charge >= 0.3 is 0 Å². The molecular weight excluding hydrogens is 328 g/mol. The summed E-state index contributed by atoms with van der Waals surface area (Å²) in [5.41, 5.74) is 2.52. The summed E-state index contributed by atoms with van der Waals surface area (Å²) >= 11 is 0. The van der Waals surface area contributed by atoms with E-state index in [4.69, 9.17) is 4.74 Å². The fraction of sp³-hybridized carbons (Fsp3) is 0.450.